The van der Waals surface area contributed by atoms with Crippen molar-refractivity contribution in [3.63, 3.8) is 0 Å². The zero-order valence-electron chi connectivity index (χ0n) is 18.4. The third-order valence-electron chi connectivity index (χ3n) is 5.01. The Labute approximate surface area is 217 Å². The minimum atomic E-state index is 0.292. The molecular formula is C27H22BrCl2NO3. The number of ether oxygens (including phenoxy) is 3. The van der Waals surface area contributed by atoms with Gasteiger partial charge < -0.3 is 19.5 Å². The summed E-state index contributed by atoms with van der Waals surface area (Å²) in [5.74, 6) is 2.83. The highest BCUT2D eigenvalue weighted by atomic mass is 79.9. The Morgan fingerprint density at radius 3 is 2.29 bits per heavy atom. The first kappa shape index (κ1) is 24.3. The molecule has 0 saturated carbocycles. The standard InChI is InChI=1S/C27H22BrCl2NO3/c1-32-26-14-18(13-24(28)27(26)33-17-19-7-8-20(29)15-25(19)30)16-31-21-9-11-23(12-10-21)34-22-5-3-2-4-6-22/h2-15,31H,16-17H2,1H3. The van der Waals surface area contributed by atoms with Gasteiger partial charge in [0.15, 0.2) is 11.5 Å². The quantitative estimate of drug-likeness (QED) is 0.223. The number of benzene rings is 4. The summed E-state index contributed by atoms with van der Waals surface area (Å²) in [4.78, 5) is 0. The Hall–Kier alpha value is -2.86. The van der Waals surface area contributed by atoms with E-state index >= 15 is 0 Å². The molecule has 174 valence electrons. The summed E-state index contributed by atoms with van der Waals surface area (Å²) >= 11 is 15.8. The molecule has 0 aromatic heterocycles. The molecule has 0 aliphatic rings. The molecule has 0 bridgehead atoms. The van der Waals surface area contributed by atoms with Crippen molar-refractivity contribution in [2.45, 2.75) is 13.2 Å². The lowest BCUT2D eigenvalue weighted by Crippen LogP contribution is -2.03. The number of para-hydroxylation sites is 1. The molecule has 0 unspecified atom stereocenters. The smallest absolute Gasteiger partial charge is 0.175 e. The minimum Gasteiger partial charge on any atom is -0.493 e. The topological polar surface area (TPSA) is 39.7 Å². The maximum absolute atomic E-state index is 6.26. The molecule has 0 fully saturated rings. The molecule has 1 N–H and O–H groups in total. The van der Waals surface area contributed by atoms with E-state index in [1.165, 1.54) is 0 Å². The third-order valence-corrected chi connectivity index (χ3v) is 6.18. The van der Waals surface area contributed by atoms with Gasteiger partial charge in [0.2, 0.25) is 0 Å². The normalized spacial score (nSPS) is 10.6. The SMILES string of the molecule is COc1cc(CNc2ccc(Oc3ccccc3)cc2)cc(Br)c1OCc1ccc(Cl)cc1Cl. The van der Waals surface area contributed by atoms with E-state index in [2.05, 4.69) is 21.2 Å². The van der Waals surface area contributed by atoms with Crippen molar-refractivity contribution in [2.75, 3.05) is 12.4 Å². The molecule has 0 aliphatic carbocycles. The Morgan fingerprint density at radius 1 is 0.853 bits per heavy atom. The van der Waals surface area contributed by atoms with Crippen LogP contribution in [0.3, 0.4) is 0 Å². The fourth-order valence-corrected chi connectivity index (χ4v) is 4.34. The van der Waals surface area contributed by atoms with E-state index in [9.17, 15) is 0 Å². The Kier molecular flexibility index (Phi) is 8.22. The number of hydrogen-bond donors (Lipinski definition) is 1. The molecule has 0 atom stereocenters. The first-order chi connectivity index (χ1) is 16.5. The van der Waals surface area contributed by atoms with Gasteiger partial charge in [0.1, 0.15) is 18.1 Å². The van der Waals surface area contributed by atoms with Crippen LogP contribution in [0.15, 0.2) is 89.4 Å². The predicted molar refractivity (Wildman–Crippen MR) is 142 cm³/mol. The van der Waals surface area contributed by atoms with Crippen LogP contribution >= 0.6 is 39.1 Å². The Balaban J connectivity index is 1.39. The molecular weight excluding hydrogens is 537 g/mol. The number of methoxy groups -OCH3 is 1. The van der Waals surface area contributed by atoms with E-state index in [0.29, 0.717) is 34.7 Å². The summed E-state index contributed by atoms with van der Waals surface area (Å²) in [7, 11) is 1.62. The van der Waals surface area contributed by atoms with Crippen molar-refractivity contribution in [3.05, 3.63) is 111 Å². The molecule has 4 aromatic carbocycles. The Morgan fingerprint density at radius 2 is 1.59 bits per heavy atom. The number of hydrogen-bond acceptors (Lipinski definition) is 4. The van der Waals surface area contributed by atoms with Gasteiger partial charge in [-0.2, -0.15) is 0 Å². The first-order valence-electron chi connectivity index (χ1n) is 10.5. The summed E-state index contributed by atoms with van der Waals surface area (Å²) < 4.78 is 18.2. The largest absolute Gasteiger partial charge is 0.493 e. The fourth-order valence-electron chi connectivity index (χ4n) is 3.27. The summed E-state index contributed by atoms with van der Waals surface area (Å²) in [6.07, 6.45) is 0. The van der Waals surface area contributed by atoms with Crippen molar-refractivity contribution in [1.82, 2.24) is 0 Å². The molecule has 7 heteroatoms. The van der Waals surface area contributed by atoms with Crippen LogP contribution in [0.2, 0.25) is 10.0 Å². The van der Waals surface area contributed by atoms with E-state index < -0.39 is 0 Å². The lowest BCUT2D eigenvalue weighted by atomic mass is 10.2. The van der Waals surface area contributed by atoms with Crippen LogP contribution < -0.4 is 19.5 Å². The number of anilines is 1. The van der Waals surface area contributed by atoms with Crippen molar-refractivity contribution < 1.29 is 14.2 Å². The highest BCUT2D eigenvalue weighted by molar-refractivity contribution is 9.10. The van der Waals surface area contributed by atoms with E-state index in [1.54, 1.807) is 19.2 Å². The second kappa shape index (κ2) is 11.5. The van der Waals surface area contributed by atoms with Crippen LogP contribution in [0, 0.1) is 0 Å². The summed E-state index contributed by atoms with van der Waals surface area (Å²) in [6, 6.07) is 26.8. The predicted octanol–water partition coefficient (Wildman–Crippen LogP) is 8.75. The van der Waals surface area contributed by atoms with Crippen LogP contribution in [-0.2, 0) is 13.2 Å². The summed E-state index contributed by atoms with van der Waals surface area (Å²) in [5, 5.41) is 4.56. The Bertz CT molecular complexity index is 1250. The van der Waals surface area contributed by atoms with Crippen LogP contribution in [0.4, 0.5) is 5.69 Å². The first-order valence-corrected chi connectivity index (χ1v) is 12.1. The maximum Gasteiger partial charge on any atom is 0.175 e. The molecule has 34 heavy (non-hydrogen) atoms. The number of rotatable bonds is 9. The lowest BCUT2D eigenvalue weighted by molar-refractivity contribution is 0.282. The second-order valence-corrected chi connectivity index (χ2v) is 9.12. The van der Waals surface area contributed by atoms with E-state index in [1.807, 2.05) is 72.8 Å². The molecule has 0 radical (unpaired) electrons. The fraction of sp³-hybridized carbons (Fsp3) is 0.111. The lowest BCUT2D eigenvalue weighted by Gasteiger charge is -2.16. The molecule has 0 aliphatic heterocycles. The monoisotopic (exact) mass is 557 g/mol. The summed E-state index contributed by atoms with van der Waals surface area (Å²) in [6.45, 7) is 0.900. The van der Waals surface area contributed by atoms with Crippen LogP contribution in [-0.4, -0.2) is 7.11 Å². The van der Waals surface area contributed by atoms with E-state index in [4.69, 9.17) is 37.4 Å². The van der Waals surface area contributed by atoms with Gasteiger partial charge in [-0.3, -0.25) is 0 Å². The van der Waals surface area contributed by atoms with Gasteiger partial charge in [-0.25, -0.2) is 0 Å². The van der Waals surface area contributed by atoms with Gasteiger partial charge in [-0.1, -0.05) is 47.5 Å². The number of halogens is 3. The molecule has 4 rings (SSSR count). The van der Waals surface area contributed by atoms with E-state index in [-0.39, 0.29) is 0 Å². The number of nitrogens with one attached hydrogen (secondary N) is 1. The van der Waals surface area contributed by atoms with Gasteiger partial charge in [0.25, 0.3) is 0 Å². The molecule has 0 saturated heterocycles. The maximum atomic E-state index is 6.26. The molecule has 0 amide bonds. The molecule has 0 spiro atoms. The van der Waals surface area contributed by atoms with E-state index in [0.717, 1.165) is 32.8 Å². The summed E-state index contributed by atoms with van der Waals surface area (Å²) in [5.41, 5.74) is 2.85. The van der Waals surface area contributed by atoms with Gasteiger partial charge >= 0.3 is 0 Å². The van der Waals surface area contributed by atoms with Gasteiger partial charge in [0, 0.05) is 27.8 Å². The van der Waals surface area contributed by atoms with Crippen molar-refractivity contribution in [2.24, 2.45) is 0 Å². The van der Waals surface area contributed by atoms with Gasteiger partial charge in [0.05, 0.1) is 11.6 Å². The van der Waals surface area contributed by atoms with Gasteiger partial charge in [-0.05, 0) is 82.2 Å². The molecule has 4 nitrogen and oxygen atoms in total. The van der Waals surface area contributed by atoms with Crippen molar-refractivity contribution in [3.8, 4) is 23.0 Å². The highest BCUT2D eigenvalue weighted by Crippen LogP contribution is 2.38. The van der Waals surface area contributed by atoms with Crippen LogP contribution in [0.25, 0.3) is 0 Å². The average molecular weight is 559 g/mol. The zero-order valence-corrected chi connectivity index (χ0v) is 21.5. The molecule has 4 aromatic rings. The molecule has 0 heterocycles. The van der Waals surface area contributed by atoms with Crippen molar-refractivity contribution >= 4 is 44.8 Å². The van der Waals surface area contributed by atoms with Crippen LogP contribution in [0.1, 0.15) is 11.1 Å². The van der Waals surface area contributed by atoms with Crippen LogP contribution in [0.5, 0.6) is 23.0 Å². The zero-order chi connectivity index (χ0) is 23.9. The average Bonchev–Trinajstić information content (AvgIpc) is 2.84. The second-order valence-electron chi connectivity index (χ2n) is 7.43. The minimum absolute atomic E-state index is 0.292. The van der Waals surface area contributed by atoms with Crippen molar-refractivity contribution in [1.29, 1.82) is 0 Å². The highest BCUT2D eigenvalue weighted by Gasteiger charge is 2.13. The van der Waals surface area contributed by atoms with Gasteiger partial charge in [-0.15, -0.1) is 0 Å². The third kappa shape index (κ3) is 6.38.